The Bertz CT molecular complexity index is 239. The molecule has 0 saturated carbocycles. The molecule has 0 bridgehead atoms. The standard InChI is InChI=1S/C11H14/c1-7-9(4)11(6)10(5)8(2)3/h7H,1-2,4-6H2,3H3. The van der Waals surface area contributed by atoms with Crippen LogP contribution in [-0.2, 0) is 0 Å². The van der Waals surface area contributed by atoms with Crippen molar-refractivity contribution in [2.45, 2.75) is 6.92 Å². The molecule has 0 aliphatic heterocycles. The summed E-state index contributed by atoms with van der Waals surface area (Å²) in [5.41, 5.74) is 3.37. The molecule has 0 radical (unpaired) electrons. The smallest absolute Gasteiger partial charge is 0.0193 e. The van der Waals surface area contributed by atoms with Crippen molar-refractivity contribution in [3.63, 3.8) is 0 Å². The van der Waals surface area contributed by atoms with Crippen LogP contribution in [-0.4, -0.2) is 0 Å². The molecule has 58 valence electrons. The molecule has 0 unspecified atom stereocenters. The molecule has 0 saturated heterocycles. The van der Waals surface area contributed by atoms with Crippen molar-refractivity contribution in [2.24, 2.45) is 0 Å². The second-order valence-electron chi connectivity index (χ2n) is 2.47. The number of hydrogen-bond acceptors (Lipinski definition) is 0. The summed E-state index contributed by atoms with van der Waals surface area (Å²) in [6.07, 6.45) is 1.66. The van der Waals surface area contributed by atoms with E-state index in [4.69, 9.17) is 0 Å². The molecule has 0 spiro atoms. The summed E-state index contributed by atoms with van der Waals surface area (Å²) < 4.78 is 0. The van der Waals surface area contributed by atoms with Gasteiger partial charge in [-0.25, -0.2) is 0 Å². The molecule has 0 aromatic rings. The monoisotopic (exact) mass is 146 g/mol. The van der Waals surface area contributed by atoms with Gasteiger partial charge in [0.2, 0.25) is 0 Å². The Hall–Kier alpha value is -1.30. The van der Waals surface area contributed by atoms with Gasteiger partial charge >= 0.3 is 0 Å². The van der Waals surface area contributed by atoms with E-state index in [0.717, 1.165) is 22.3 Å². The maximum absolute atomic E-state index is 3.82. The summed E-state index contributed by atoms with van der Waals surface area (Å²) in [6.45, 7) is 20.6. The minimum Gasteiger partial charge on any atom is -0.0985 e. The molecule has 0 nitrogen and oxygen atoms in total. The van der Waals surface area contributed by atoms with Gasteiger partial charge in [-0.2, -0.15) is 0 Å². The first kappa shape index (κ1) is 9.70. The van der Waals surface area contributed by atoms with E-state index < -0.39 is 0 Å². The second kappa shape index (κ2) is 3.77. The maximum atomic E-state index is 3.82. The first-order valence-electron chi connectivity index (χ1n) is 3.36. The molecule has 0 aliphatic rings. The fourth-order valence-corrected chi connectivity index (χ4v) is 0.575. The lowest BCUT2D eigenvalue weighted by Crippen LogP contribution is -1.88. The van der Waals surface area contributed by atoms with E-state index >= 15 is 0 Å². The molecule has 0 rings (SSSR count). The van der Waals surface area contributed by atoms with Crippen LogP contribution in [0, 0.1) is 0 Å². The molecule has 0 amide bonds. The van der Waals surface area contributed by atoms with Crippen molar-refractivity contribution < 1.29 is 0 Å². The highest BCUT2D eigenvalue weighted by Gasteiger charge is 2.01. The zero-order valence-corrected chi connectivity index (χ0v) is 7.11. The SMILES string of the molecule is C=CC(=C)C(=C)C(=C)C(=C)C. The molecular formula is C11H14. The first-order valence-corrected chi connectivity index (χ1v) is 3.36. The summed E-state index contributed by atoms with van der Waals surface area (Å²) in [4.78, 5) is 0. The molecule has 0 atom stereocenters. The van der Waals surface area contributed by atoms with E-state index in [1.165, 1.54) is 0 Å². The van der Waals surface area contributed by atoms with Crippen LogP contribution < -0.4 is 0 Å². The highest BCUT2D eigenvalue weighted by atomic mass is 14.1. The Morgan fingerprint density at radius 2 is 1.45 bits per heavy atom. The van der Waals surface area contributed by atoms with Gasteiger partial charge in [0.1, 0.15) is 0 Å². The van der Waals surface area contributed by atoms with Crippen LogP contribution in [0.4, 0.5) is 0 Å². The molecule has 0 fully saturated rings. The third-order valence-electron chi connectivity index (χ3n) is 1.51. The normalized spacial score (nSPS) is 8.45. The van der Waals surface area contributed by atoms with E-state index in [-0.39, 0.29) is 0 Å². The van der Waals surface area contributed by atoms with Gasteiger partial charge < -0.3 is 0 Å². The number of rotatable bonds is 4. The van der Waals surface area contributed by atoms with Crippen LogP contribution in [0.3, 0.4) is 0 Å². The minimum absolute atomic E-state index is 0.804. The molecule has 0 N–H and O–H groups in total. The fraction of sp³-hybridized carbons (Fsp3) is 0.0909. The molecular weight excluding hydrogens is 132 g/mol. The topological polar surface area (TPSA) is 0 Å². The van der Waals surface area contributed by atoms with Gasteiger partial charge in [-0.05, 0) is 23.6 Å². The Morgan fingerprint density at radius 3 is 1.73 bits per heavy atom. The summed E-state index contributed by atoms with van der Waals surface area (Å²) in [5.74, 6) is 0. The van der Waals surface area contributed by atoms with Crippen LogP contribution >= 0.6 is 0 Å². The summed E-state index contributed by atoms with van der Waals surface area (Å²) in [6, 6.07) is 0. The lowest BCUT2D eigenvalue weighted by Gasteiger charge is -2.07. The fourth-order valence-electron chi connectivity index (χ4n) is 0.575. The van der Waals surface area contributed by atoms with Crippen molar-refractivity contribution in [3.05, 3.63) is 61.3 Å². The molecule has 11 heavy (non-hydrogen) atoms. The Morgan fingerprint density at radius 1 is 1.00 bits per heavy atom. The van der Waals surface area contributed by atoms with Crippen molar-refractivity contribution in [1.82, 2.24) is 0 Å². The third-order valence-corrected chi connectivity index (χ3v) is 1.51. The highest BCUT2D eigenvalue weighted by molar-refractivity contribution is 5.53. The van der Waals surface area contributed by atoms with Gasteiger partial charge in [0, 0.05) is 0 Å². The minimum atomic E-state index is 0.804. The van der Waals surface area contributed by atoms with Gasteiger partial charge in [-0.3, -0.25) is 0 Å². The second-order valence-corrected chi connectivity index (χ2v) is 2.47. The van der Waals surface area contributed by atoms with Gasteiger partial charge in [-0.1, -0.05) is 44.5 Å². The van der Waals surface area contributed by atoms with Gasteiger partial charge in [-0.15, -0.1) is 0 Å². The molecule has 0 aliphatic carbocycles. The van der Waals surface area contributed by atoms with E-state index in [0.29, 0.717) is 0 Å². The van der Waals surface area contributed by atoms with Crippen LogP contribution in [0.1, 0.15) is 6.92 Å². The highest BCUT2D eigenvalue weighted by Crippen LogP contribution is 2.20. The summed E-state index contributed by atoms with van der Waals surface area (Å²) in [7, 11) is 0. The lowest BCUT2D eigenvalue weighted by molar-refractivity contribution is 1.39. The van der Waals surface area contributed by atoms with E-state index in [1.807, 2.05) is 6.92 Å². The van der Waals surface area contributed by atoms with Crippen LogP contribution in [0.25, 0.3) is 0 Å². The van der Waals surface area contributed by atoms with Crippen LogP contribution in [0.15, 0.2) is 61.3 Å². The largest absolute Gasteiger partial charge is 0.0985 e. The van der Waals surface area contributed by atoms with Gasteiger partial charge in [0.05, 0.1) is 0 Å². The average molecular weight is 146 g/mol. The van der Waals surface area contributed by atoms with Crippen molar-refractivity contribution in [2.75, 3.05) is 0 Å². The Labute approximate surface area is 68.9 Å². The molecule has 0 heteroatoms. The quantitative estimate of drug-likeness (QED) is 0.533. The molecule has 0 aromatic carbocycles. The van der Waals surface area contributed by atoms with Crippen molar-refractivity contribution >= 4 is 0 Å². The first-order chi connectivity index (χ1) is 5.00. The lowest BCUT2D eigenvalue weighted by atomic mass is 9.98. The Balaban J connectivity index is 4.51. The predicted octanol–water partition coefficient (Wildman–Crippen LogP) is 3.42. The zero-order valence-electron chi connectivity index (χ0n) is 7.11. The third kappa shape index (κ3) is 2.42. The average Bonchev–Trinajstić information content (AvgIpc) is 2.00. The van der Waals surface area contributed by atoms with Crippen LogP contribution in [0.5, 0.6) is 0 Å². The van der Waals surface area contributed by atoms with Gasteiger partial charge in [0.15, 0.2) is 0 Å². The summed E-state index contributed by atoms with van der Waals surface area (Å²) in [5, 5.41) is 0. The van der Waals surface area contributed by atoms with E-state index in [1.54, 1.807) is 6.08 Å². The molecule has 0 aromatic heterocycles. The van der Waals surface area contributed by atoms with Crippen molar-refractivity contribution in [3.8, 4) is 0 Å². The Kier molecular flexibility index (Phi) is 3.32. The molecule has 0 heterocycles. The van der Waals surface area contributed by atoms with E-state index in [9.17, 15) is 0 Å². The maximum Gasteiger partial charge on any atom is -0.0193 e. The number of hydrogen-bond donors (Lipinski definition) is 0. The van der Waals surface area contributed by atoms with Crippen molar-refractivity contribution in [1.29, 1.82) is 0 Å². The van der Waals surface area contributed by atoms with E-state index in [2.05, 4.69) is 32.9 Å². The van der Waals surface area contributed by atoms with Crippen LogP contribution in [0.2, 0.25) is 0 Å². The predicted molar refractivity (Wildman–Crippen MR) is 52.4 cm³/mol. The van der Waals surface area contributed by atoms with Gasteiger partial charge in [0.25, 0.3) is 0 Å². The summed E-state index contributed by atoms with van der Waals surface area (Å²) >= 11 is 0. The number of allylic oxidation sites excluding steroid dienone is 5. The zero-order chi connectivity index (χ0) is 9.02.